The highest BCUT2D eigenvalue weighted by Crippen LogP contribution is 2.62. The lowest BCUT2D eigenvalue weighted by atomic mass is 9.68. The van der Waals surface area contributed by atoms with E-state index in [-0.39, 0.29) is 22.8 Å². The van der Waals surface area contributed by atoms with Gasteiger partial charge in [-0.25, -0.2) is 0 Å². The Kier molecular flexibility index (Phi) is 4.93. The molecule has 4 rings (SSSR count). The van der Waals surface area contributed by atoms with Gasteiger partial charge in [-0.1, -0.05) is 40.5 Å². The molecule has 2 bridgehead atoms. The van der Waals surface area contributed by atoms with Crippen molar-refractivity contribution in [2.24, 2.45) is 16.7 Å². The zero-order valence-electron chi connectivity index (χ0n) is 17.7. The Balaban J connectivity index is 1.47. The maximum atomic E-state index is 13.0. The Hall–Kier alpha value is -1.97. The van der Waals surface area contributed by atoms with E-state index in [0.717, 1.165) is 35.6 Å². The predicted octanol–water partition coefficient (Wildman–Crippen LogP) is 5.68. The van der Waals surface area contributed by atoms with Crippen LogP contribution in [0.4, 0.5) is 0 Å². The Morgan fingerprint density at radius 1 is 1.25 bits per heavy atom. The molecule has 28 heavy (non-hydrogen) atoms. The number of aromatic amines is 1. The van der Waals surface area contributed by atoms with Crippen LogP contribution in [0.15, 0.2) is 24.3 Å². The van der Waals surface area contributed by atoms with Crippen LogP contribution in [0.5, 0.6) is 5.75 Å². The second-order valence-electron chi connectivity index (χ2n) is 9.81. The summed E-state index contributed by atoms with van der Waals surface area (Å²) in [4.78, 5) is 16.3. The molecule has 2 aliphatic rings. The van der Waals surface area contributed by atoms with E-state index in [2.05, 4.69) is 38.0 Å². The third-order valence-electron chi connectivity index (χ3n) is 7.40. The molecule has 0 aliphatic heterocycles. The topological polar surface area (TPSA) is 54.1 Å². The number of carbonyl (C=O) groups excluding carboxylic acids is 1. The van der Waals surface area contributed by atoms with E-state index < -0.39 is 0 Å². The van der Waals surface area contributed by atoms with Gasteiger partial charge in [-0.3, -0.25) is 4.79 Å². The number of hydrogen-bond donors (Lipinski definition) is 2. The van der Waals surface area contributed by atoms with Gasteiger partial charge in [0.1, 0.15) is 11.4 Å². The summed E-state index contributed by atoms with van der Waals surface area (Å²) in [6.07, 6.45) is 7.20. The molecule has 0 spiro atoms. The molecule has 0 radical (unpaired) electrons. The van der Waals surface area contributed by atoms with Crippen molar-refractivity contribution in [3.63, 3.8) is 0 Å². The van der Waals surface area contributed by atoms with Gasteiger partial charge in [0, 0.05) is 16.9 Å². The van der Waals surface area contributed by atoms with Crippen molar-refractivity contribution in [3.8, 4) is 5.75 Å². The number of amides is 1. The first-order chi connectivity index (χ1) is 13.3. The number of aromatic nitrogens is 1. The highest BCUT2D eigenvalue weighted by atomic mass is 16.5. The molecule has 4 heteroatoms. The van der Waals surface area contributed by atoms with E-state index in [0.29, 0.717) is 5.69 Å². The van der Waals surface area contributed by atoms with Crippen molar-refractivity contribution < 1.29 is 9.53 Å². The third-order valence-corrected chi connectivity index (χ3v) is 7.40. The molecule has 2 aliphatic carbocycles. The number of ether oxygens (including phenoxy) is 1. The molecule has 3 atom stereocenters. The molecule has 0 saturated heterocycles. The van der Waals surface area contributed by atoms with Crippen molar-refractivity contribution in [3.05, 3.63) is 30.0 Å². The van der Waals surface area contributed by atoms with Crippen LogP contribution in [0.2, 0.25) is 0 Å². The Labute approximate surface area is 168 Å². The van der Waals surface area contributed by atoms with Crippen LogP contribution in [-0.4, -0.2) is 23.5 Å². The Morgan fingerprint density at radius 2 is 2.07 bits per heavy atom. The maximum absolute atomic E-state index is 13.0. The van der Waals surface area contributed by atoms with Crippen LogP contribution in [-0.2, 0) is 0 Å². The number of hydrogen-bond acceptors (Lipinski definition) is 2. The molecule has 1 amide bonds. The monoisotopic (exact) mass is 382 g/mol. The summed E-state index contributed by atoms with van der Waals surface area (Å²) in [5.41, 5.74) is 2.01. The summed E-state index contributed by atoms with van der Waals surface area (Å²) in [7, 11) is 0. The van der Waals surface area contributed by atoms with E-state index in [1.165, 1.54) is 32.1 Å². The fourth-order valence-corrected chi connectivity index (χ4v) is 5.74. The van der Waals surface area contributed by atoms with Crippen LogP contribution in [0.1, 0.15) is 76.7 Å². The number of fused-ring (bicyclic) bond motifs is 3. The van der Waals surface area contributed by atoms with Gasteiger partial charge in [-0.2, -0.15) is 0 Å². The van der Waals surface area contributed by atoms with Crippen molar-refractivity contribution in [1.82, 2.24) is 10.3 Å². The Bertz CT molecular complexity index is 864. The van der Waals surface area contributed by atoms with Crippen LogP contribution in [0, 0.1) is 16.7 Å². The van der Waals surface area contributed by atoms with Crippen LogP contribution < -0.4 is 10.1 Å². The van der Waals surface area contributed by atoms with Crippen LogP contribution in [0.3, 0.4) is 0 Å². The van der Waals surface area contributed by atoms with Gasteiger partial charge >= 0.3 is 0 Å². The summed E-state index contributed by atoms with van der Waals surface area (Å²) in [5, 5.41) is 4.40. The van der Waals surface area contributed by atoms with Gasteiger partial charge in [0.15, 0.2) is 0 Å². The quantitative estimate of drug-likeness (QED) is 0.605. The van der Waals surface area contributed by atoms with Gasteiger partial charge in [0.2, 0.25) is 0 Å². The lowest BCUT2D eigenvalue weighted by Crippen LogP contribution is -2.52. The molecular weight excluding hydrogens is 348 g/mol. The average Bonchev–Trinajstić information content (AvgIpc) is 3.31. The number of H-pyrrole nitrogens is 1. The molecule has 152 valence electrons. The van der Waals surface area contributed by atoms with Gasteiger partial charge in [0.05, 0.1) is 6.61 Å². The number of nitrogens with one attached hydrogen (secondary N) is 2. The molecule has 1 heterocycles. The zero-order chi connectivity index (χ0) is 19.9. The maximum Gasteiger partial charge on any atom is 0.267 e. The van der Waals surface area contributed by atoms with E-state index in [1.807, 2.05) is 24.3 Å². The minimum atomic E-state index is 0.00784. The highest BCUT2D eigenvalue weighted by molar-refractivity contribution is 5.98. The van der Waals surface area contributed by atoms with E-state index in [1.54, 1.807) is 0 Å². The van der Waals surface area contributed by atoms with E-state index >= 15 is 0 Å². The lowest BCUT2D eigenvalue weighted by Gasteiger charge is -2.43. The van der Waals surface area contributed by atoms with Gasteiger partial charge in [-0.15, -0.1) is 0 Å². The van der Waals surface area contributed by atoms with Crippen LogP contribution in [0.25, 0.3) is 10.9 Å². The molecule has 2 aromatic rings. The minimum absolute atomic E-state index is 0.00784. The smallest absolute Gasteiger partial charge is 0.267 e. The Morgan fingerprint density at radius 3 is 2.79 bits per heavy atom. The molecule has 2 unspecified atom stereocenters. The standard InChI is InChI=1S/C24H34N2O2/c1-5-6-7-12-28-18-8-9-19-16(13-18)14-20(25-19)21(27)26-22-23(2,3)17-10-11-24(22,4)15-17/h8-9,13-14,17,22,25H,5-7,10-12,15H2,1-4H3,(H,26,27)/t17?,22?,24-/m1/s1. The van der Waals surface area contributed by atoms with Crippen molar-refractivity contribution in [2.45, 2.75) is 72.3 Å². The fraction of sp³-hybridized carbons (Fsp3) is 0.625. The van der Waals surface area contributed by atoms with Crippen LogP contribution >= 0.6 is 0 Å². The first-order valence-corrected chi connectivity index (χ1v) is 10.9. The molecule has 4 nitrogen and oxygen atoms in total. The summed E-state index contributed by atoms with van der Waals surface area (Å²) < 4.78 is 5.85. The normalized spacial score (nSPS) is 28.0. The molecule has 1 aromatic carbocycles. The summed E-state index contributed by atoms with van der Waals surface area (Å²) in [6, 6.07) is 8.19. The fourth-order valence-electron chi connectivity index (χ4n) is 5.74. The van der Waals surface area contributed by atoms with Gasteiger partial charge in [-0.05, 0) is 66.7 Å². The first kappa shape index (κ1) is 19.4. The number of carbonyl (C=O) groups is 1. The summed E-state index contributed by atoms with van der Waals surface area (Å²) >= 11 is 0. The van der Waals surface area contributed by atoms with E-state index in [4.69, 9.17) is 4.74 Å². The molecule has 2 N–H and O–H groups in total. The lowest BCUT2D eigenvalue weighted by molar-refractivity contribution is 0.0734. The van der Waals surface area contributed by atoms with Gasteiger partial charge in [0.25, 0.3) is 5.91 Å². The van der Waals surface area contributed by atoms with Gasteiger partial charge < -0.3 is 15.0 Å². The second-order valence-corrected chi connectivity index (χ2v) is 9.81. The summed E-state index contributed by atoms with van der Waals surface area (Å²) in [5.74, 6) is 1.60. The molecule has 2 saturated carbocycles. The molecule has 2 fully saturated rings. The van der Waals surface area contributed by atoms with Crippen molar-refractivity contribution >= 4 is 16.8 Å². The molecular formula is C24H34N2O2. The third kappa shape index (κ3) is 3.31. The minimum Gasteiger partial charge on any atom is -0.494 e. The number of unbranched alkanes of at least 4 members (excludes halogenated alkanes) is 2. The SMILES string of the molecule is CCCCCOc1ccc2[nH]c(C(=O)NC3C(C)(C)C4CC[C@]3(C)C4)cc2c1. The summed E-state index contributed by atoms with van der Waals surface area (Å²) in [6.45, 7) is 9.92. The number of benzene rings is 1. The highest BCUT2D eigenvalue weighted by Gasteiger charge is 2.59. The molecule has 1 aromatic heterocycles. The predicted molar refractivity (Wildman–Crippen MR) is 114 cm³/mol. The first-order valence-electron chi connectivity index (χ1n) is 10.9. The second kappa shape index (κ2) is 7.13. The average molecular weight is 383 g/mol. The van der Waals surface area contributed by atoms with Crippen molar-refractivity contribution in [2.75, 3.05) is 6.61 Å². The van der Waals surface area contributed by atoms with E-state index in [9.17, 15) is 4.79 Å². The van der Waals surface area contributed by atoms with Crippen molar-refractivity contribution in [1.29, 1.82) is 0 Å². The zero-order valence-corrected chi connectivity index (χ0v) is 17.7. The number of rotatable bonds is 7. The largest absolute Gasteiger partial charge is 0.494 e.